The highest BCUT2D eigenvalue weighted by Gasteiger charge is 2.33. The first-order valence-corrected chi connectivity index (χ1v) is 10.7. The van der Waals surface area contributed by atoms with Crippen LogP contribution in [0.1, 0.15) is 0 Å². The zero-order valence-corrected chi connectivity index (χ0v) is 14.7. The van der Waals surface area contributed by atoms with E-state index in [0.717, 1.165) is 0 Å². The van der Waals surface area contributed by atoms with Crippen LogP contribution in [0.2, 0.25) is 0 Å². The number of rotatable bonds is 5. The molecule has 0 saturated heterocycles. The van der Waals surface area contributed by atoms with Crippen molar-refractivity contribution in [1.82, 2.24) is 18.7 Å². The van der Waals surface area contributed by atoms with Crippen molar-refractivity contribution in [1.29, 1.82) is 0 Å². The SMILES string of the molecule is CN(C)P(=O)(P=P(O)(N(C)C)N(C)C)N(C)C. The molecule has 6 nitrogen and oxygen atoms in total. The topological polar surface area (TPSA) is 50.3 Å². The van der Waals surface area contributed by atoms with Crippen molar-refractivity contribution < 1.29 is 9.46 Å². The van der Waals surface area contributed by atoms with Crippen LogP contribution < -0.4 is 0 Å². The Kier molecular flexibility index (Phi) is 6.55. The van der Waals surface area contributed by atoms with Gasteiger partial charge in [-0.1, -0.05) is 0 Å². The maximum Gasteiger partial charge on any atom is 0.266 e. The average Bonchev–Trinajstić information content (AvgIpc) is 2.15. The lowest BCUT2D eigenvalue weighted by Crippen LogP contribution is -2.21. The van der Waals surface area contributed by atoms with Crippen LogP contribution >= 0.6 is 21.8 Å². The van der Waals surface area contributed by atoms with Crippen LogP contribution in [0, 0.1) is 0 Å². The second-order valence-corrected chi connectivity index (χ2v) is 15.3. The van der Waals surface area contributed by atoms with E-state index < -0.39 is 14.2 Å². The quantitative estimate of drug-likeness (QED) is 0.784. The van der Waals surface area contributed by atoms with Gasteiger partial charge in [0.05, 0.1) is 7.56 Å². The van der Waals surface area contributed by atoms with Gasteiger partial charge in [-0.25, -0.2) is 9.34 Å². The molecule has 9 heteroatoms. The second-order valence-electron chi connectivity index (χ2n) is 4.53. The molecule has 1 N–H and O–H groups in total. The molecular weight excluding hydrogens is 277 g/mol. The van der Waals surface area contributed by atoms with Crippen molar-refractivity contribution in [2.75, 3.05) is 56.4 Å². The molecule has 104 valence electrons. The molecule has 17 heavy (non-hydrogen) atoms. The Morgan fingerprint density at radius 3 is 1.24 bits per heavy atom. The molecule has 0 aromatic heterocycles. The summed E-state index contributed by atoms with van der Waals surface area (Å²) in [5.41, 5.74) is 0. The first kappa shape index (κ1) is 17.8. The van der Waals surface area contributed by atoms with E-state index in [0.29, 0.717) is 7.56 Å². The van der Waals surface area contributed by atoms with Crippen molar-refractivity contribution in [2.24, 2.45) is 0 Å². The van der Waals surface area contributed by atoms with Crippen LogP contribution in [0.15, 0.2) is 0 Å². The highest BCUT2D eigenvalue weighted by atomic mass is 32.3. The van der Waals surface area contributed by atoms with Gasteiger partial charge in [-0.2, -0.15) is 0 Å². The molecule has 0 aromatic rings. The number of nitrogens with zero attached hydrogens (tertiary/aromatic N) is 4. The Balaban J connectivity index is 5.83. The molecule has 0 aliphatic carbocycles. The lowest BCUT2D eigenvalue weighted by Gasteiger charge is -2.36. The Labute approximate surface area is 107 Å². The van der Waals surface area contributed by atoms with Crippen LogP contribution in [0.5, 0.6) is 0 Å². The number of hydrogen-bond donors (Lipinski definition) is 1. The average molecular weight is 302 g/mol. The molecule has 0 radical (unpaired) electrons. The van der Waals surface area contributed by atoms with E-state index in [-0.39, 0.29) is 0 Å². The fourth-order valence-electron chi connectivity index (χ4n) is 1.19. The molecule has 0 amide bonds. The molecule has 0 aliphatic heterocycles. The number of hydrogen-bond acceptors (Lipinski definition) is 1. The Morgan fingerprint density at radius 2 is 1.06 bits per heavy atom. The zero-order chi connectivity index (χ0) is 14.0. The van der Waals surface area contributed by atoms with Gasteiger partial charge >= 0.3 is 0 Å². The maximum atomic E-state index is 12.9. The minimum atomic E-state index is -2.74. The molecule has 0 heterocycles. The van der Waals surface area contributed by atoms with E-state index in [4.69, 9.17) is 0 Å². The van der Waals surface area contributed by atoms with Crippen LogP contribution in [0.3, 0.4) is 0 Å². The summed E-state index contributed by atoms with van der Waals surface area (Å²) in [6.45, 7) is 0. The van der Waals surface area contributed by atoms with Gasteiger partial charge in [-0.3, -0.25) is 13.9 Å². The highest BCUT2D eigenvalue weighted by Crippen LogP contribution is 2.74. The van der Waals surface area contributed by atoms with E-state index in [1.165, 1.54) is 0 Å². The summed E-state index contributed by atoms with van der Waals surface area (Å²) in [6.07, 6.45) is 0. The molecule has 0 unspecified atom stereocenters. The van der Waals surface area contributed by atoms with Crippen LogP contribution in [0.4, 0.5) is 0 Å². The molecule has 0 atom stereocenters. The highest BCUT2D eigenvalue weighted by molar-refractivity contribution is 8.37. The third-order valence-corrected chi connectivity index (χ3v) is 17.0. The molecule has 0 aromatic carbocycles. The van der Waals surface area contributed by atoms with Gasteiger partial charge in [-0.05, 0) is 56.4 Å². The van der Waals surface area contributed by atoms with Crippen molar-refractivity contribution >= 4 is 21.8 Å². The van der Waals surface area contributed by atoms with Crippen molar-refractivity contribution in [3.63, 3.8) is 0 Å². The van der Waals surface area contributed by atoms with E-state index in [2.05, 4.69) is 0 Å². The Morgan fingerprint density at radius 1 is 0.765 bits per heavy atom. The van der Waals surface area contributed by atoms with Crippen LogP contribution in [-0.4, -0.2) is 80.0 Å². The van der Waals surface area contributed by atoms with E-state index in [1.54, 1.807) is 46.9 Å². The summed E-state index contributed by atoms with van der Waals surface area (Å²) in [5.74, 6) is 0. The van der Waals surface area contributed by atoms with Gasteiger partial charge in [0.25, 0.3) is 7.13 Å². The van der Waals surface area contributed by atoms with Gasteiger partial charge in [0, 0.05) is 0 Å². The third kappa shape index (κ3) is 3.86. The second kappa shape index (κ2) is 6.27. The summed E-state index contributed by atoms with van der Waals surface area (Å²) in [6, 6.07) is 0. The van der Waals surface area contributed by atoms with Gasteiger partial charge < -0.3 is 4.89 Å². The minimum Gasteiger partial charge on any atom is -0.347 e. The minimum absolute atomic E-state index is 0.560. The molecule has 0 saturated carbocycles. The summed E-state index contributed by atoms with van der Waals surface area (Å²) in [5, 5.41) is 0. The Hall–Kier alpha value is 0.760. The maximum absolute atomic E-state index is 12.9. The van der Waals surface area contributed by atoms with E-state index in [1.807, 2.05) is 28.2 Å². The van der Waals surface area contributed by atoms with Crippen molar-refractivity contribution in [3.05, 3.63) is 0 Å². The molecule has 0 spiro atoms. The molecule has 0 aliphatic rings. The molecular formula is C8H25N4O2P3. The largest absolute Gasteiger partial charge is 0.347 e. The summed E-state index contributed by atoms with van der Waals surface area (Å²) in [7, 11) is 9.66. The third-order valence-electron chi connectivity index (χ3n) is 2.35. The van der Waals surface area contributed by atoms with Crippen molar-refractivity contribution in [3.8, 4) is 0 Å². The molecule has 0 rings (SSSR count). The lowest BCUT2D eigenvalue weighted by atomic mass is 11.3. The first-order chi connectivity index (χ1) is 7.48. The van der Waals surface area contributed by atoms with Crippen LogP contribution in [-0.2, 0) is 4.57 Å². The van der Waals surface area contributed by atoms with Crippen molar-refractivity contribution in [2.45, 2.75) is 0 Å². The predicted octanol–water partition coefficient (Wildman–Crippen LogP) is 1.96. The van der Waals surface area contributed by atoms with E-state index in [9.17, 15) is 9.46 Å². The summed E-state index contributed by atoms with van der Waals surface area (Å²) in [4.78, 5) is 10.7. The summed E-state index contributed by atoms with van der Waals surface area (Å²) < 4.78 is 19.8. The summed E-state index contributed by atoms with van der Waals surface area (Å²) >= 11 is 0. The fraction of sp³-hybridized carbons (Fsp3) is 1.00. The predicted molar refractivity (Wildman–Crippen MR) is 78.4 cm³/mol. The first-order valence-electron chi connectivity index (χ1n) is 5.16. The van der Waals surface area contributed by atoms with Crippen LogP contribution in [0.25, 0.3) is 0 Å². The van der Waals surface area contributed by atoms with Gasteiger partial charge in [0.15, 0.2) is 7.08 Å². The molecule has 0 bridgehead atoms. The molecule has 0 fully saturated rings. The monoisotopic (exact) mass is 302 g/mol. The van der Waals surface area contributed by atoms with Gasteiger partial charge in [-0.15, -0.1) is 0 Å². The van der Waals surface area contributed by atoms with Gasteiger partial charge in [0.2, 0.25) is 0 Å². The van der Waals surface area contributed by atoms with E-state index >= 15 is 0 Å². The fourth-order valence-corrected chi connectivity index (χ4v) is 15.0. The normalized spacial score (nSPS) is 14.6. The smallest absolute Gasteiger partial charge is 0.266 e. The zero-order valence-electron chi connectivity index (χ0n) is 12.0. The lowest BCUT2D eigenvalue weighted by molar-refractivity contribution is 0.443. The standard InChI is InChI=1S/C8H25N4O2P3/c1-9(2)16(13,10(3)4)15-17(14,11(5)6)12(7)8/h13H,1-8H3. The van der Waals surface area contributed by atoms with Gasteiger partial charge in [0.1, 0.15) is 0 Å². The Bertz CT molecular complexity index is 331.